The van der Waals surface area contributed by atoms with Crippen LogP contribution >= 0.6 is 33.3 Å². The highest BCUT2D eigenvalue weighted by Gasteiger charge is 2.50. The van der Waals surface area contributed by atoms with Gasteiger partial charge < -0.3 is 14.2 Å². The lowest BCUT2D eigenvalue weighted by atomic mass is 10.0. The molecule has 2 aliphatic heterocycles. The average molecular weight is 494 g/mol. The number of nitrogens with zero attached hydrogens (tertiary/aromatic N) is 1. The van der Waals surface area contributed by atoms with Gasteiger partial charge in [0.1, 0.15) is 11.6 Å². The zero-order chi connectivity index (χ0) is 23.2. The Hall–Kier alpha value is -0.740. The molecule has 2 saturated heterocycles. The van der Waals surface area contributed by atoms with Crippen molar-refractivity contribution in [2.24, 2.45) is 0 Å². The minimum Gasteiger partial charge on any atom is -0.458 e. The summed E-state index contributed by atoms with van der Waals surface area (Å²) in [5.74, 6) is 0.659. The molecule has 0 aromatic carbocycles. The third kappa shape index (κ3) is 8.61. The molecule has 0 bridgehead atoms. The molecule has 0 aromatic rings. The molecule has 0 aromatic heterocycles. The molecule has 178 valence electrons. The monoisotopic (exact) mass is 493 g/mol. The first-order valence-corrected chi connectivity index (χ1v) is 14.1. The Balaban J connectivity index is 1.79. The number of hydrogen-bond acceptors (Lipinski definition) is 9. The molecule has 1 amide bonds. The van der Waals surface area contributed by atoms with Crippen LogP contribution in [-0.2, 0) is 23.8 Å². The molecule has 0 radical (unpaired) electrons. The first kappa shape index (κ1) is 26.5. The van der Waals surface area contributed by atoms with E-state index in [9.17, 15) is 14.4 Å². The molecule has 2 fully saturated rings. The number of unbranched alkanes of at least 4 members (excludes halogenated alkanes) is 1. The van der Waals surface area contributed by atoms with E-state index in [0.29, 0.717) is 17.5 Å². The number of ether oxygens (including phenoxy) is 3. The molecule has 2 rings (SSSR count). The number of carbonyl (C=O) groups excluding carboxylic acids is 3. The van der Waals surface area contributed by atoms with Gasteiger partial charge in [0.25, 0.3) is 0 Å². The second kappa shape index (κ2) is 11.4. The highest BCUT2D eigenvalue weighted by Crippen LogP contribution is 2.41. The van der Waals surface area contributed by atoms with Crippen molar-refractivity contribution in [3.8, 4) is 0 Å². The second-order valence-electron chi connectivity index (χ2n) is 9.30. The first-order chi connectivity index (χ1) is 14.4. The average Bonchev–Trinajstić information content (AvgIpc) is 3.24. The van der Waals surface area contributed by atoms with Crippen molar-refractivity contribution in [1.82, 2.24) is 4.90 Å². The Kier molecular flexibility index (Phi) is 9.76. The van der Waals surface area contributed by atoms with Gasteiger partial charge in [0.15, 0.2) is 0 Å². The molecule has 10 heteroatoms. The Morgan fingerprint density at radius 1 is 1.16 bits per heavy atom. The molecule has 7 nitrogen and oxygen atoms in total. The summed E-state index contributed by atoms with van der Waals surface area (Å²) in [7, 11) is 3.86. The smallest absolute Gasteiger partial charge is 0.414 e. The summed E-state index contributed by atoms with van der Waals surface area (Å²) in [5, 5.41) is 0.696. The van der Waals surface area contributed by atoms with Crippen LogP contribution in [0.3, 0.4) is 0 Å². The van der Waals surface area contributed by atoms with Crippen LogP contribution in [0.2, 0.25) is 0 Å². The highest BCUT2D eigenvalue weighted by atomic mass is 33.1. The van der Waals surface area contributed by atoms with Crippen LogP contribution in [0.15, 0.2) is 0 Å². The molecule has 0 aliphatic carbocycles. The Morgan fingerprint density at radius 3 is 2.48 bits per heavy atom. The zero-order valence-corrected chi connectivity index (χ0v) is 21.8. The molecule has 2 unspecified atom stereocenters. The number of amides is 1. The van der Waals surface area contributed by atoms with Gasteiger partial charge in [-0.25, -0.2) is 9.59 Å². The Labute approximate surface area is 197 Å². The van der Waals surface area contributed by atoms with Crippen molar-refractivity contribution in [2.75, 3.05) is 11.6 Å². The predicted molar refractivity (Wildman–Crippen MR) is 127 cm³/mol. The van der Waals surface area contributed by atoms with Gasteiger partial charge in [-0.15, -0.1) is 11.8 Å². The second-order valence-corrected chi connectivity index (χ2v) is 13.7. The maximum atomic E-state index is 12.7. The van der Waals surface area contributed by atoms with Gasteiger partial charge in [-0.1, -0.05) is 28.0 Å². The van der Waals surface area contributed by atoms with Crippen molar-refractivity contribution in [3.05, 3.63) is 0 Å². The molecule has 2 heterocycles. The largest absolute Gasteiger partial charge is 0.458 e. The van der Waals surface area contributed by atoms with E-state index in [1.54, 1.807) is 20.8 Å². The number of rotatable bonds is 8. The van der Waals surface area contributed by atoms with Crippen molar-refractivity contribution >= 4 is 51.4 Å². The molecule has 0 spiro atoms. The summed E-state index contributed by atoms with van der Waals surface area (Å²) in [5.41, 5.74) is -0.659. The normalized spacial score (nSPS) is 24.0. The van der Waals surface area contributed by atoms with Crippen molar-refractivity contribution in [2.45, 2.75) is 102 Å². The van der Waals surface area contributed by atoms with Crippen LogP contribution in [-0.4, -0.2) is 62.5 Å². The minimum atomic E-state index is -1.02. The third-order valence-electron chi connectivity index (χ3n) is 4.86. The van der Waals surface area contributed by atoms with E-state index >= 15 is 0 Å². The third-order valence-corrected chi connectivity index (χ3v) is 9.24. The van der Waals surface area contributed by atoms with E-state index in [1.165, 1.54) is 35.8 Å². The standard InChI is InChI=1S/C21H35NO6S3/c1-14(26-16(23)10-8-7-9-15-11-12-30-31-15)27-19(25)22-13-29-21(5,6)17(22)18(24)28-20(2,3)4/h14-15,17H,7-13H2,1-6H3/t14?,15-,17?/m0/s1. The zero-order valence-electron chi connectivity index (χ0n) is 19.3. The van der Waals surface area contributed by atoms with Gasteiger partial charge in [-0.3, -0.25) is 9.69 Å². The Bertz CT molecular complexity index is 646. The van der Waals surface area contributed by atoms with Crippen LogP contribution in [0.1, 0.15) is 73.6 Å². The highest BCUT2D eigenvalue weighted by molar-refractivity contribution is 8.77. The summed E-state index contributed by atoms with van der Waals surface area (Å²) in [6, 6.07) is -0.779. The van der Waals surface area contributed by atoms with Crippen LogP contribution in [0.4, 0.5) is 4.79 Å². The van der Waals surface area contributed by atoms with Crippen LogP contribution in [0, 0.1) is 0 Å². The number of esters is 2. The summed E-state index contributed by atoms with van der Waals surface area (Å²) in [4.78, 5) is 38.8. The van der Waals surface area contributed by atoms with Crippen molar-refractivity contribution < 1.29 is 28.6 Å². The van der Waals surface area contributed by atoms with Gasteiger partial charge in [0, 0.05) is 29.1 Å². The van der Waals surface area contributed by atoms with E-state index in [1.807, 2.05) is 35.4 Å². The van der Waals surface area contributed by atoms with Gasteiger partial charge in [0.05, 0.1) is 5.88 Å². The van der Waals surface area contributed by atoms with E-state index in [-0.39, 0.29) is 5.97 Å². The van der Waals surface area contributed by atoms with E-state index in [2.05, 4.69) is 0 Å². The molecule has 3 atom stereocenters. The Morgan fingerprint density at radius 2 is 1.87 bits per heavy atom. The van der Waals surface area contributed by atoms with E-state index < -0.39 is 34.7 Å². The van der Waals surface area contributed by atoms with Crippen LogP contribution in [0.25, 0.3) is 0 Å². The fraction of sp³-hybridized carbons (Fsp3) is 0.857. The molecule has 2 aliphatic rings. The molecular formula is C21H35NO6S3. The van der Waals surface area contributed by atoms with Crippen LogP contribution < -0.4 is 0 Å². The quantitative estimate of drug-likeness (QED) is 0.195. The van der Waals surface area contributed by atoms with Gasteiger partial charge in [0.2, 0.25) is 6.29 Å². The maximum Gasteiger partial charge on any atom is 0.414 e. The molecular weight excluding hydrogens is 458 g/mol. The fourth-order valence-corrected chi connectivity index (χ4v) is 7.51. The predicted octanol–water partition coefficient (Wildman–Crippen LogP) is 5.22. The minimum absolute atomic E-state index is 0.299. The van der Waals surface area contributed by atoms with E-state index in [0.717, 1.165) is 19.3 Å². The summed E-state index contributed by atoms with van der Waals surface area (Å²) < 4.78 is 15.5. The molecule has 0 N–H and O–H groups in total. The number of hydrogen-bond donors (Lipinski definition) is 0. The van der Waals surface area contributed by atoms with Crippen LogP contribution in [0.5, 0.6) is 0 Å². The summed E-state index contributed by atoms with van der Waals surface area (Å²) >= 11 is 1.48. The lowest BCUT2D eigenvalue weighted by molar-refractivity contribution is -0.169. The molecule has 31 heavy (non-hydrogen) atoms. The lowest BCUT2D eigenvalue weighted by Gasteiger charge is -2.32. The topological polar surface area (TPSA) is 82.1 Å². The van der Waals surface area contributed by atoms with Crippen molar-refractivity contribution in [1.29, 1.82) is 0 Å². The van der Waals surface area contributed by atoms with E-state index in [4.69, 9.17) is 14.2 Å². The maximum absolute atomic E-state index is 12.7. The van der Waals surface area contributed by atoms with Gasteiger partial charge in [-0.2, -0.15) is 0 Å². The molecule has 0 saturated carbocycles. The number of thioether (sulfide) groups is 1. The van der Waals surface area contributed by atoms with Gasteiger partial charge in [-0.05, 0) is 53.9 Å². The van der Waals surface area contributed by atoms with Crippen molar-refractivity contribution in [3.63, 3.8) is 0 Å². The lowest BCUT2D eigenvalue weighted by Crippen LogP contribution is -2.51. The first-order valence-electron chi connectivity index (χ1n) is 10.7. The fourth-order valence-electron chi connectivity index (χ4n) is 3.38. The van der Waals surface area contributed by atoms with Gasteiger partial charge >= 0.3 is 18.0 Å². The summed E-state index contributed by atoms with van der Waals surface area (Å²) in [6.07, 6.45) is 2.70. The summed E-state index contributed by atoms with van der Waals surface area (Å²) in [6.45, 7) is 10.7. The SMILES string of the molecule is CC(OC(=O)CCCC[C@H]1CCSS1)OC(=O)N1CSC(C)(C)C1C(=O)OC(C)(C)C. The number of carbonyl (C=O) groups is 3.